The van der Waals surface area contributed by atoms with Gasteiger partial charge in [0.05, 0.1) is 5.56 Å². The lowest BCUT2D eigenvalue weighted by molar-refractivity contribution is -0.137. The van der Waals surface area contributed by atoms with Crippen LogP contribution in [0.5, 0.6) is 0 Å². The van der Waals surface area contributed by atoms with Crippen LogP contribution >= 0.6 is 15.9 Å². The summed E-state index contributed by atoms with van der Waals surface area (Å²) in [6.45, 7) is 7.16. The highest BCUT2D eigenvalue weighted by Crippen LogP contribution is 2.27. The van der Waals surface area contributed by atoms with Gasteiger partial charge in [-0.05, 0) is 70.2 Å². The molecule has 2 aliphatic heterocycles. The smallest absolute Gasteiger partial charge is 0.255 e. The SMILES string of the molecule is Cc1cc(C(=O)N2CCC(C(=O)N3CCCCC3)CC2)c(C)n1-c1cccc(Br)c1. The number of aromatic nitrogens is 1. The van der Waals surface area contributed by atoms with Crippen LogP contribution in [0.25, 0.3) is 5.69 Å². The molecule has 2 saturated heterocycles. The second-order valence-corrected chi connectivity index (χ2v) is 9.47. The number of nitrogens with zero attached hydrogens (tertiary/aromatic N) is 3. The minimum absolute atomic E-state index is 0.0706. The normalized spacial score (nSPS) is 18.0. The Morgan fingerprint density at radius 1 is 0.933 bits per heavy atom. The summed E-state index contributed by atoms with van der Waals surface area (Å²) < 4.78 is 3.14. The van der Waals surface area contributed by atoms with Gasteiger partial charge in [0.1, 0.15) is 0 Å². The fourth-order valence-electron chi connectivity index (χ4n) is 4.86. The molecule has 0 radical (unpaired) electrons. The molecule has 0 N–H and O–H groups in total. The second-order valence-electron chi connectivity index (χ2n) is 8.55. The van der Waals surface area contributed by atoms with Crippen LogP contribution in [0.2, 0.25) is 0 Å². The van der Waals surface area contributed by atoms with Crippen molar-refractivity contribution in [2.75, 3.05) is 26.2 Å². The molecule has 3 heterocycles. The number of likely N-dealkylation sites (tertiary alicyclic amines) is 2. The molecule has 0 unspecified atom stereocenters. The third-order valence-electron chi connectivity index (χ3n) is 6.53. The molecule has 1 aromatic carbocycles. The highest BCUT2D eigenvalue weighted by molar-refractivity contribution is 9.10. The van der Waals surface area contributed by atoms with Crippen molar-refractivity contribution in [3.8, 4) is 5.69 Å². The Morgan fingerprint density at radius 3 is 2.30 bits per heavy atom. The fourth-order valence-corrected chi connectivity index (χ4v) is 5.25. The van der Waals surface area contributed by atoms with Crippen molar-refractivity contribution in [2.24, 2.45) is 5.92 Å². The van der Waals surface area contributed by atoms with E-state index in [4.69, 9.17) is 0 Å². The standard InChI is InChI=1S/C24H30BrN3O2/c1-17-15-22(18(2)28(17)21-8-6-7-20(25)16-21)24(30)27-13-9-19(10-14-27)23(29)26-11-4-3-5-12-26/h6-8,15-16,19H,3-5,9-14H2,1-2H3. The van der Waals surface area contributed by atoms with E-state index in [9.17, 15) is 9.59 Å². The molecule has 4 rings (SSSR count). The molecule has 1 aromatic heterocycles. The number of halogens is 1. The van der Waals surface area contributed by atoms with Crippen LogP contribution in [0.4, 0.5) is 0 Å². The zero-order valence-electron chi connectivity index (χ0n) is 17.9. The van der Waals surface area contributed by atoms with E-state index < -0.39 is 0 Å². The van der Waals surface area contributed by atoms with Crippen LogP contribution in [0.1, 0.15) is 53.8 Å². The maximum absolute atomic E-state index is 13.3. The molecule has 5 nitrogen and oxygen atoms in total. The molecule has 2 fully saturated rings. The van der Waals surface area contributed by atoms with Crippen molar-refractivity contribution >= 4 is 27.7 Å². The highest BCUT2D eigenvalue weighted by atomic mass is 79.9. The van der Waals surface area contributed by atoms with Gasteiger partial charge in [0.25, 0.3) is 5.91 Å². The van der Waals surface area contributed by atoms with Crippen LogP contribution in [0.3, 0.4) is 0 Å². The lowest BCUT2D eigenvalue weighted by Crippen LogP contribution is -2.45. The van der Waals surface area contributed by atoms with Gasteiger partial charge in [-0.25, -0.2) is 0 Å². The lowest BCUT2D eigenvalue weighted by Gasteiger charge is -2.35. The van der Waals surface area contributed by atoms with Gasteiger partial charge in [0.2, 0.25) is 5.91 Å². The summed E-state index contributed by atoms with van der Waals surface area (Å²) in [7, 11) is 0. The average Bonchev–Trinajstić information content (AvgIpc) is 3.07. The molecule has 0 aliphatic carbocycles. The van der Waals surface area contributed by atoms with Crippen molar-refractivity contribution in [3.63, 3.8) is 0 Å². The number of amides is 2. The van der Waals surface area contributed by atoms with Gasteiger partial charge in [-0.3, -0.25) is 9.59 Å². The number of carbonyl (C=O) groups is 2. The average molecular weight is 472 g/mol. The summed E-state index contributed by atoms with van der Waals surface area (Å²) in [4.78, 5) is 30.0. The first kappa shape index (κ1) is 21.2. The minimum atomic E-state index is 0.0706. The van der Waals surface area contributed by atoms with Gasteiger partial charge in [0, 0.05) is 53.6 Å². The van der Waals surface area contributed by atoms with Crippen molar-refractivity contribution in [1.82, 2.24) is 14.4 Å². The Hall–Kier alpha value is -2.08. The molecule has 0 bridgehead atoms. The van der Waals surface area contributed by atoms with Gasteiger partial charge in [-0.15, -0.1) is 0 Å². The van der Waals surface area contributed by atoms with E-state index in [-0.39, 0.29) is 11.8 Å². The first-order valence-electron chi connectivity index (χ1n) is 11.0. The lowest BCUT2D eigenvalue weighted by atomic mass is 9.94. The van der Waals surface area contributed by atoms with E-state index in [1.807, 2.05) is 41.8 Å². The Morgan fingerprint density at radius 2 is 1.63 bits per heavy atom. The van der Waals surface area contributed by atoms with Gasteiger partial charge in [0.15, 0.2) is 0 Å². The van der Waals surface area contributed by atoms with E-state index in [0.29, 0.717) is 19.0 Å². The van der Waals surface area contributed by atoms with Gasteiger partial charge >= 0.3 is 0 Å². The van der Waals surface area contributed by atoms with E-state index >= 15 is 0 Å². The Labute approximate surface area is 187 Å². The molecule has 2 aliphatic rings. The minimum Gasteiger partial charge on any atom is -0.342 e. The van der Waals surface area contributed by atoms with Crippen LogP contribution in [0.15, 0.2) is 34.8 Å². The largest absolute Gasteiger partial charge is 0.342 e. The zero-order chi connectivity index (χ0) is 21.3. The van der Waals surface area contributed by atoms with Crippen molar-refractivity contribution in [3.05, 3.63) is 51.8 Å². The molecular formula is C24H30BrN3O2. The molecule has 160 valence electrons. The summed E-state index contributed by atoms with van der Waals surface area (Å²) in [6.07, 6.45) is 5.01. The molecule has 2 amide bonds. The number of benzene rings is 1. The number of aryl methyl sites for hydroxylation is 1. The maximum Gasteiger partial charge on any atom is 0.255 e. The number of hydrogen-bond acceptors (Lipinski definition) is 2. The van der Waals surface area contributed by atoms with Crippen LogP contribution < -0.4 is 0 Å². The number of rotatable bonds is 3. The van der Waals surface area contributed by atoms with E-state index in [2.05, 4.69) is 32.6 Å². The number of hydrogen-bond donors (Lipinski definition) is 0. The van der Waals surface area contributed by atoms with Crippen molar-refractivity contribution < 1.29 is 9.59 Å². The summed E-state index contributed by atoms with van der Waals surface area (Å²) in [5.41, 5.74) is 3.81. The van der Waals surface area contributed by atoms with Crippen LogP contribution in [-0.2, 0) is 4.79 Å². The molecule has 30 heavy (non-hydrogen) atoms. The second kappa shape index (κ2) is 8.96. The van der Waals surface area contributed by atoms with Crippen molar-refractivity contribution in [1.29, 1.82) is 0 Å². The van der Waals surface area contributed by atoms with E-state index in [0.717, 1.165) is 65.9 Å². The summed E-state index contributed by atoms with van der Waals surface area (Å²) in [5, 5.41) is 0. The first-order chi connectivity index (χ1) is 14.5. The van der Waals surface area contributed by atoms with Crippen LogP contribution in [-0.4, -0.2) is 52.4 Å². The zero-order valence-corrected chi connectivity index (χ0v) is 19.5. The maximum atomic E-state index is 13.3. The highest BCUT2D eigenvalue weighted by Gasteiger charge is 2.32. The quantitative estimate of drug-likeness (QED) is 0.649. The summed E-state index contributed by atoms with van der Waals surface area (Å²) in [5.74, 6) is 0.448. The molecule has 0 spiro atoms. The summed E-state index contributed by atoms with van der Waals surface area (Å²) >= 11 is 3.53. The Balaban J connectivity index is 1.45. The third kappa shape index (κ3) is 4.20. The molecule has 0 saturated carbocycles. The number of carbonyl (C=O) groups excluding carboxylic acids is 2. The molecule has 6 heteroatoms. The van der Waals surface area contributed by atoms with E-state index in [1.54, 1.807) is 0 Å². The van der Waals surface area contributed by atoms with Crippen LogP contribution in [0, 0.1) is 19.8 Å². The monoisotopic (exact) mass is 471 g/mol. The molecular weight excluding hydrogens is 442 g/mol. The first-order valence-corrected chi connectivity index (χ1v) is 11.8. The molecule has 0 atom stereocenters. The van der Waals surface area contributed by atoms with E-state index in [1.165, 1.54) is 6.42 Å². The third-order valence-corrected chi connectivity index (χ3v) is 7.02. The topological polar surface area (TPSA) is 45.6 Å². The van der Waals surface area contributed by atoms with Gasteiger partial charge < -0.3 is 14.4 Å². The van der Waals surface area contributed by atoms with Gasteiger partial charge in [-0.1, -0.05) is 22.0 Å². The summed E-state index contributed by atoms with van der Waals surface area (Å²) in [6, 6.07) is 10.1. The fraction of sp³-hybridized carbons (Fsp3) is 0.500. The van der Waals surface area contributed by atoms with Crippen molar-refractivity contribution in [2.45, 2.75) is 46.0 Å². The predicted octanol–water partition coefficient (Wildman–Crippen LogP) is 4.72. The molecule has 2 aromatic rings. The Kier molecular flexibility index (Phi) is 6.32. The predicted molar refractivity (Wildman–Crippen MR) is 122 cm³/mol. The van der Waals surface area contributed by atoms with Gasteiger partial charge in [-0.2, -0.15) is 0 Å². The number of piperidine rings is 2. The Bertz CT molecular complexity index is 938.